The number of nitrogens with zero attached hydrogens (tertiary/aromatic N) is 1. The first-order valence-electron chi connectivity index (χ1n) is 6.61. The standard InChI is InChI=1S/C14H18N2O3S2/c1-10-8-13(20-12(10)4-3-6-15)14(17)16(2)11-5-7-21(18,19)9-11/h8,11H,5-7,9,15H2,1-2H3. The summed E-state index contributed by atoms with van der Waals surface area (Å²) in [5.41, 5.74) is 6.29. The van der Waals surface area contributed by atoms with Crippen molar-refractivity contribution in [3.05, 3.63) is 21.4 Å². The minimum absolute atomic E-state index is 0.0550. The summed E-state index contributed by atoms with van der Waals surface area (Å²) in [5, 5.41) is 0. The van der Waals surface area contributed by atoms with Crippen molar-refractivity contribution >= 4 is 27.1 Å². The van der Waals surface area contributed by atoms with Crippen LogP contribution in [0.15, 0.2) is 6.07 Å². The summed E-state index contributed by atoms with van der Waals surface area (Å²) in [6.07, 6.45) is 0.509. The molecule has 0 spiro atoms. The number of carbonyl (C=O) groups is 1. The van der Waals surface area contributed by atoms with Crippen LogP contribution in [0.25, 0.3) is 0 Å². The number of rotatable bonds is 2. The topological polar surface area (TPSA) is 80.5 Å². The molecule has 0 aromatic carbocycles. The highest BCUT2D eigenvalue weighted by molar-refractivity contribution is 7.91. The summed E-state index contributed by atoms with van der Waals surface area (Å²) in [4.78, 5) is 15.4. The largest absolute Gasteiger partial charge is 0.337 e. The second kappa shape index (κ2) is 6.18. The molecule has 1 atom stereocenters. The molecule has 7 heteroatoms. The number of aryl methyl sites for hydroxylation is 1. The number of thiophene rings is 1. The molecule has 21 heavy (non-hydrogen) atoms. The van der Waals surface area contributed by atoms with Crippen molar-refractivity contribution in [2.45, 2.75) is 19.4 Å². The van der Waals surface area contributed by atoms with Crippen molar-refractivity contribution in [3.8, 4) is 11.8 Å². The Balaban J connectivity index is 2.17. The quantitative estimate of drug-likeness (QED) is 0.808. The van der Waals surface area contributed by atoms with E-state index < -0.39 is 9.84 Å². The summed E-state index contributed by atoms with van der Waals surface area (Å²) in [5.74, 6) is 5.79. The summed E-state index contributed by atoms with van der Waals surface area (Å²) in [6, 6.07) is 1.57. The Labute approximate surface area is 129 Å². The Morgan fingerprint density at radius 1 is 1.57 bits per heavy atom. The first-order chi connectivity index (χ1) is 9.84. The van der Waals surface area contributed by atoms with Crippen LogP contribution in [0.3, 0.4) is 0 Å². The second-order valence-electron chi connectivity index (χ2n) is 5.10. The molecular formula is C14H18N2O3S2. The van der Waals surface area contributed by atoms with Gasteiger partial charge in [-0.2, -0.15) is 0 Å². The van der Waals surface area contributed by atoms with E-state index in [9.17, 15) is 13.2 Å². The number of amides is 1. The molecule has 1 saturated heterocycles. The van der Waals surface area contributed by atoms with Crippen LogP contribution in [0.2, 0.25) is 0 Å². The van der Waals surface area contributed by atoms with Crippen molar-refractivity contribution in [1.29, 1.82) is 0 Å². The third kappa shape index (κ3) is 3.64. The second-order valence-corrected chi connectivity index (χ2v) is 8.38. The number of hydrogen-bond donors (Lipinski definition) is 1. The molecule has 1 aliphatic heterocycles. The van der Waals surface area contributed by atoms with Gasteiger partial charge in [-0.25, -0.2) is 8.42 Å². The molecule has 0 radical (unpaired) electrons. The van der Waals surface area contributed by atoms with Gasteiger partial charge in [0.1, 0.15) is 0 Å². The Kier molecular flexibility index (Phi) is 4.71. The van der Waals surface area contributed by atoms with Gasteiger partial charge in [0.2, 0.25) is 0 Å². The average molecular weight is 326 g/mol. The zero-order chi connectivity index (χ0) is 15.6. The van der Waals surface area contributed by atoms with E-state index >= 15 is 0 Å². The van der Waals surface area contributed by atoms with Crippen LogP contribution in [0, 0.1) is 18.8 Å². The molecule has 0 saturated carbocycles. The van der Waals surface area contributed by atoms with Crippen LogP contribution >= 0.6 is 11.3 Å². The van der Waals surface area contributed by atoms with Crippen molar-refractivity contribution in [1.82, 2.24) is 4.90 Å². The maximum Gasteiger partial charge on any atom is 0.263 e. The summed E-state index contributed by atoms with van der Waals surface area (Å²) in [7, 11) is -1.34. The first kappa shape index (κ1) is 16.0. The van der Waals surface area contributed by atoms with Gasteiger partial charge in [0.25, 0.3) is 5.91 Å². The van der Waals surface area contributed by atoms with Gasteiger partial charge in [0.15, 0.2) is 9.84 Å². The zero-order valence-corrected chi connectivity index (χ0v) is 13.7. The molecular weight excluding hydrogens is 308 g/mol. The summed E-state index contributed by atoms with van der Waals surface area (Å²) in [6.45, 7) is 2.17. The van der Waals surface area contributed by atoms with Gasteiger partial charge in [-0.3, -0.25) is 4.79 Å². The van der Waals surface area contributed by atoms with Gasteiger partial charge < -0.3 is 10.6 Å². The summed E-state index contributed by atoms with van der Waals surface area (Å²) >= 11 is 1.32. The molecule has 1 unspecified atom stereocenters. The third-order valence-electron chi connectivity index (χ3n) is 3.51. The SMILES string of the molecule is Cc1cc(C(=O)N(C)C2CCS(=O)(=O)C2)sc1C#CCN. The number of hydrogen-bond acceptors (Lipinski definition) is 5. The molecule has 1 aromatic heterocycles. The molecule has 1 aromatic rings. The molecule has 2 N–H and O–H groups in total. The highest BCUT2D eigenvalue weighted by Gasteiger charge is 2.33. The molecule has 1 fully saturated rings. The fourth-order valence-corrected chi connectivity index (χ4v) is 5.07. The van der Waals surface area contributed by atoms with E-state index in [0.29, 0.717) is 11.3 Å². The monoisotopic (exact) mass is 326 g/mol. The van der Waals surface area contributed by atoms with Gasteiger partial charge in [0, 0.05) is 13.1 Å². The zero-order valence-electron chi connectivity index (χ0n) is 12.0. The number of nitrogens with two attached hydrogens (primary N) is 1. The Bertz CT molecular complexity index is 710. The maximum absolute atomic E-state index is 12.5. The van der Waals surface area contributed by atoms with Gasteiger partial charge in [0.05, 0.1) is 27.8 Å². The maximum atomic E-state index is 12.5. The van der Waals surface area contributed by atoms with Crippen molar-refractivity contribution in [2.75, 3.05) is 25.1 Å². The van der Waals surface area contributed by atoms with E-state index in [1.54, 1.807) is 13.1 Å². The van der Waals surface area contributed by atoms with E-state index in [2.05, 4.69) is 11.8 Å². The van der Waals surface area contributed by atoms with Gasteiger partial charge in [-0.05, 0) is 25.0 Å². The number of carbonyl (C=O) groups excluding carboxylic acids is 1. The number of sulfone groups is 1. The minimum Gasteiger partial charge on any atom is -0.337 e. The van der Waals surface area contributed by atoms with Crippen LogP contribution in [0.5, 0.6) is 0 Å². The van der Waals surface area contributed by atoms with Gasteiger partial charge >= 0.3 is 0 Å². The van der Waals surface area contributed by atoms with E-state index in [4.69, 9.17) is 5.73 Å². The predicted octanol–water partition coefficient (Wildman–Crippen LogP) is 0.626. The fraction of sp³-hybridized carbons (Fsp3) is 0.500. The van der Waals surface area contributed by atoms with Crippen LogP contribution in [0.1, 0.15) is 26.5 Å². The van der Waals surface area contributed by atoms with Crippen molar-refractivity contribution in [3.63, 3.8) is 0 Å². The third-order valence-corrected chi connectivity index (χ3v) is 6.40. The molecule has 2 rings (SSSR count). The van der Waals surface area contributed by atoms with E-state index in [-0.39, 0.29) is 30.0 Å². The molecule has 0 aliphatic carbocycles. The van der Waals surface area contributed by atoms with Crippen LogP contribution in [-0.4, -0.2) is 50.4 Å². The lowest BCUT2D eigenvalue weighted by atomic mass is 10.2. The lowest BCUT2D eigenvalue weighted by Crippen LogP contribution is -2.37. The predicted molar refractivity (Wildman–Crippen MR) is 84.1 cm³/mol. The van der Waals surface area contributed by atoms with E-state index in [1.165, 1.54) is 16.2 Å². The highest BCUT2D eigenvalue weighted by atomic mass is 32.2. The molecule has 0 bridgehead atoms. The fourth-order valence-electron chi connectivity index (χ4n) is 2.26. The normalized spacial score (nSPS) is 19.9. The Hall–Kier alpha value is -1.36. The molecule has 114 valence electrons. The van der Waals surface area contributed by atoms with Crippen LogP contribution in [0.4, 0.5) is 0 Å². The minimum atomic E-state index is -3.00. The van der Waals surface area contributed by atoms with Crippen LogP contribution in [-0.2, 0) is 9.84 Å². The average Bonchev–Trinajstić information content (AvgIpc) is 2.97. The lowest BCUT2D eigenvalue weighted by Gasteiger charge is -2.22. The highest BCUT2D eigenvalue weighted by Crippen LogP contribution is 2.24. The smallest absolute Gasteiger partial charge is 0.263 e. The first-order valence-corrected chi connectivity index (χ1v) is 9.25. The Morgan fingerprint density at radius 2 is 2.29 bits per heavy atom. The van der Waals surface area contributed by atoms with E-state index in [0.717, 1.165) is 10.4 Å². The molecule has 5 nitrogen and oxygen atoms in total. The van der Waals surface area contributed by atoms with Gasteiger partial charge in [-0.15, -0.1) is 11.3 Å². The van der Waals surface area contributed by atoms with E-state index in [1.807, 2.05) is 6.92 Å². The molecule has 1 aliphatic rings. The summed E-state index contributed by atoms with van der Waals surface area (Å²) < 4.78 is 23.0. The molecule has 1 amide bonds. The lowest BCUT2D eigenvalue weighted by molar-refractivity contribution is 0.0752. The molecule has 2 heterocycles. The van der Waals surface area contributed by atoms with Gasteiger partial charge in [-0.1, -0.05) is 11.8 Å². The van der Waals surface area contributed by atoms with Crippen LogP contribution < -0.4 is 5.73 Å². The van der Waals surface area contributed by atoms with Crippen molar-refractivity contribution in [2.24, 2.45) is 5.73 Å². The van der Waals surface area contributed by atoms with Crippen molar-refractivity contribution < 1.29 is 13.2 Å². The Morgan fingerprint density at radius 3 is 2.86 bits per heavy atom.